The summed E-state index contributed by atoms with van der Waals surface area (Å²) < 4.78 is 23.0. The zero-order valence-corrected chi connectivity index (χ0v) is 13.7. The molecule has 0 saturated carbocycles. The summed E-state index contributed by atoms with van der Waals surface area (Å²) in [6, 6.07) is 3.67. The van der Waals surface area contributed by atoms with E-state index in [1.807, 2.05) is 19.9 Å². The van der Waals surface area contributed by atoms with Crippen molar-refractivity contribution in [3.05, 3.63) is 22.7 Å². The molecule has 1 aromatic rings. The highest BCUT2D eigenvalue weighted by molar-refractivity contribution is 6.31. The molecular weight excluding hydrogens is 292 g/mol. The molecule has 118 valence electrons. The molecule has 0 aliphatic carbocycles. The average Bonchev–Trinajstić information content (AvgIpc) is 2.92. The molecule has 0 radical (unpaired) electrons. The highest BCUT2D eigenvalue weighted by Gasteiger charge is 2.40. The molecule has 2 rings (SSSR count). The van der Waals surface area contributed by atoms with Crippen molar-refractivity contribution in [2.24, 2.45) is 0 Å². The van der Waals surface area contributed by atoms with Crippen LogP contribution in [0.1, 0.15) is 39.2 Å². The van der Waals surface area contributed by atoms with Crippen molar-refractivity contribution in [2.75, 3.05) is 26.4 Å². The van der Waals surface area contributed by atoms with Gasteiger partial charge in [-0.05, 0) is 19.9 Å². The maximum atomic E-state index is 6.45. The minimum absolute atomic E-state index is 0.558. The van der Waals surface area contributed by atoms with Gasteiger partial charge in [0.05, 0.1) is 31.5 Å². The van der Waals surface area contributed by atoms with Gasteiger partial charge in [-0.25, -0.2) is 0 Å². The van der Waals surface area contributed by atoms with E-state index in [0.717, 1.165) is 18.4 Å². The lowest BCUT2D eigenvalue weighted by atomic mass is 10.00. The van der Waals surface area contributed by atoms with Crippen LogP contribution in [0.4, 0.5) is 0 Å². The van der Waals surface area contributed by atoms with E-state index in [1.165, 1.54) is 0 Å². The number of ether oxygens (including phenoxy) is 4. The van der Waals surface area contributed by atoms with Gasteiger partial charge in [-0.2, -0.15) is 0 Å². The second kappa shape index (κ2) is 7.34. The van der Waals surface area contributed by atoms with E-state index in [1.54, 1.807) is 6.07 Å². The monoisotopic (exact) mass is 314 g/mol. The van der Waals surface area contributed by atoms with Crippen LogP contribution in [0.5, 0.6) is 11.5 Å². The zero-order valence-electron chi connectivity index (χ0n) is 12.9. The summed E-state index contributed by atoms with van der Waals surface area (Å²) in [4.78, 5) is 0. The first-order chi connectivity index (χ1) is 10.2. The van der Waals surface area contributed by atoms with Gasteiger partial charge in [-0.15, -0.1) is 0 Å². The van der Waals surface area contributed by atoms with Crippen LogP contribution in [0.2, 0.25) is 5.02 Å². The summed E-state index contributed by atoms with van der Waals surface area (Å²) in [5, 5.41) is 0.581. The molecule has 0 aromatic heterocycles. The Morgan fingerprint density at radius 3 is 2.14 bits per heavy atom. The van der Waals surface area contributed by atoms with E-state index < -0.39 is 5.79 Å². The van der Waals surface area contributed by atoms with E-state index in [4.69, 9.17) is 30.5 Å². The first-order valence-electron chi connectivity index (χ1n) is 7.54. The van der Waals surface area contributed by atoms with Crippen molar-refractivity contribution in [3.8, 4) is 11.5 Å². The van der Waals surface area contributed by atoms with Crippen LogP contribution >= 0.6 is 11.6 Å². The fourth-order valence-electron chi connectivity index (χ4n) is 2.58. The van der Waals surface area contributed by atoms with E-state index in [9.17, 15) is 0 Å². The molecule has 1 heterocycles. The summed E-state index contributed by atoms with van der Waals surface area (Å²) in [7, 11) is 0. The number of rotatable bonds is 7. The summed E-state index contributed by atoms with van der Waals surface area (Å²) in [5.74, 6) is 0.564. The Balaban J connectivity index is 2.44. The molecule has 0 atom stereocenters. The summed E-state index contributed by atoms with van der Waals surface area (Å²) in [6.07, 6.45) is 1.69. The molecule has 0 N–H and O–H groups in total. The summed E-state index contributed by atoms with van der Waals surface area (Å²) in [5.41, 5.74) is 0.815. The van der Waals surface area contributed by atoms with E-state index in [-0.39, 0.29) is 0 Å². The molecule has 21 heavy (non-hydrogen) atoms. The largest absolute Gasteiger partial charge is 0.490 e. The third kappa shape index (κ3) is 3.44. The maximum absolute atomic E-state index is 6.45. The van der Waals surface area contributed by atoms with Crippen molar-refractivity contribution in [1.29, 1.82) is 0 Å². The van der Waals surface area contributed by atoms with Crippen molar-refractivity contribution < 1.29 is 18.9 Å². The third-order valence-electron chi connectivity index (χ3n) is 3.38. The fraction of sp³-hybridized carbons (Fsp3) is 0.625. The molecule has 1 saturated heterocycles. The zero-order chi connectivity index (χ0) is 15.3. The number of hydrogen-bond donors (Lipinski definition) is 0. The van der Waals surface area contributed by atoms with Crippen LogP contribution in [0.3, 0.4) is 0 Å². The van der Waals surface area contributed by atoms with Gasteiger partial charge in [0.15, 0.2) is 17.3 Å². The van der Waals surface area contributed by atoms with Crippen LogP contribution < -0.4 is 9.47 Å². The van der Waals surface area contributed by atoms with Crippen LogP contribution in [-0.4, -0.2) is 26.4 Å². The van der Waals surface area contributed by atoms with Crippen LogP contribution in [0.25, 0.3) is 0 Å². The lowest BCUT2D eigenvalue weighted by Crippen LogP contribution is -2.27. The molecule has 0 spiro atoms. The molecule has 1 fully saturated rings. The Morgan fingerprint density at radius 2 is 1.62 bits per heavy atom. The Hall–Kier alpha value is -0.970. The summed E-state index contributed by atoms with van der Waals surface area (Å²) >= 11 is 6.45. The lowest BCUT2D eigenvalue weighted by molar-refractivity contribution is -0.170. The van der Waals surface area contributed by atoms with Gasteiger partial charge in [0.1, 0.15) is 0 Å². The molecule has 1 aliphatic rings. The third-order valence-corrected chi connectivity index (χ3v) is 3.69. The molecule has 0 bridgehead atoms. The van der Waals surface area contributed by atoms with Crippen molar-refractivity contribution in [1.82, 2.24) is 0 Å². The topological polar surface area (TPSA) is 36.9 Å². The van der Waals surface area contributed by atoms with E-state index in [2.05, 4.69) is 6.92 Å². The van der Waals surface area contributed by atoms with E-state index >= 15 is 0 Å². The van der Waals surface area contributed by atoms with Crippen LogP contribution in [-0.2, 0) is 15.3 Å². The Bertz CT molecular complexity index is 470. The lowest BCUT2D eigenvalue weighted by Gasteiger charge is -2.29. The Morgan fingerprint density at radius 1 is 1.05 bits per heavy atom. The predicted octanol–water partition coefficient (Wildman–Crippen LogP) is 4.14. The van der Waals surface area contributed by atoms with Gasteiger partial charge in [0.2, 0.25) is 0 Å². The molecule has 4 nitrogen and oxygen atoms in total. The highest BCUT2D eigenvalue weighted by atomic mass is 35.5. The van der Waals surface area contributed by atoms with Crippen LogP contribution in [0, 0.1) is 0 Å². The van der Waals surface area contributed by atoms with Gasteiger partial charge < -0.3 is 18.9 Å². The van der Waals surface area contributed by atoms with Gasteiger partial charge in [-0.1, -0.05) is 24.9 Å². The van der Waals surface area contributed by atoms with Gasteiger partial charge in [0, 0.05) is 18.1 Å². The molecule has 0 unspecified atom stereocenters. The van der Waals surface area contributed by atoms with Crippen molar-refractivity contribution in [3.63, 3.8) is 0 Å². The van der Waals surface area contributed by atoms with Gasteiger partial charge in [-0.3, -0.25) is 0 Å². The van der Waals surface area contributed by atoms with Gasteiger partial charge >= 0.3 is 0 Å². The minimum Gasteiger partial charge on any atom is -0.490 e. The van der Waals surface area contributed by atoms with Crippen molar-refractivity contribution >= 4 is 11.6 Å². The quantitative estimate of drug-likeness (QED) is 0.758. The predicted molar refractivity (Wildman–Crippen MR) is 82.3 cm³/mol. The molecular formula is C16H23ClO4. The van der Waals surface area contributed by atoms with Crippen molar-refractivity contribution in [2.45, 2.75) is 39.4 Å². The van der Waals surface area contributed by atoms with Crippen LogP contribution in [0.15, 0.2) is 12.1 Å². The molecule has 0 amide bonds. The smallest absolute Gasteiger partial charge is 0.196 e. The van der Waals surface area contributed by atoms with Gasteiger partial charge in [0.25, 0.3) is 0 Å². The molecule has 1 aliphatic heterocycles. The minimum atomic E-state index is -0.761. The number of halogens is 1. The normalized spacial score (nSPS) is 17.0. The first-order valence-corrected chi connectivity index (χ1v) is 7.92. The second-order valence-electron chi connectivity index (χ2n) is 4.84. The average molecular weight is 315 g/mol. The SMILES string of the molecule is CCCC1(c2cc(OCC)c(OCC)cc2Cl)OCCO1. The number of benzene rings is 1. The molecule has 1 aromatic carbocycles. The molecule has 5 heteroatoms. The Kier molecular flexibility index (Phi) is 5.73. The fourth-order valence-corrected chi connectivity index (χ4v) is 2.88. The standard InChI is InChI=1S/C16H23ClO4/c1-4-7-16(20-8-9-21-16)12-10-14(18-5-2)15(19-6-3)11-13(12)17/h10-11H,4-9H2,1-3H3. The number of hydrogen-bond acceptors (Lipinski definition) is 4. The second-order valence-corrected chi connectivity index (χ2v) is 5.25. The first kappa shape index (κ1) is 16.4. The maximum Gasteiger partial charge on any atom is 0.196 e. The Labute approximate surface area is 131 Å². The summed E-state index contributed by atoms with van der Waals surface area (Å²) in [6.45, 7) is 8.24. The van der Waals surface area contributed by atoms with E-state index in [0.29, 0.717) is 42.9 Å². The highest BCUT2D eigenvalue weighted by Crippen LogP contribution is 2.44.